The van der Waals surface area contributed by atoms with Gasteiger partial charge in [-0.3, -0.25) is 14.5 Å². The molecule has 6 nitrogen and oxygen atoms in total. The van der Waals surface area contributed by atoms with Crippen LogP contribution in [0.15, 0.2) is 85.1 Å². The van der Waals surface area contributed by atoms with Crippen LogP contribution in [0, 0.1) is 0 Å². The van der Waals surface area contributed by atoms with Gasteiger partial charge in [-0.05, 0) is 23.8 Å². The number of nitrogens with one attached hydrogen (secondary N) is 1. The minimum absolute atomic E-state index is 0.104. The van der Waals surface area contributed by atoms with Crippen LogP contribution in [0.1, 0.15) is 5.56 Å². The van der Waals surface area contributed by atoms with Gasteiger partial charge in [0.1, 0.15) is 18.0 Å². The van der Waals surface area contributed by atoms with E-state index in [1.54, 1.807) is 11.8 Å². The van der Waals surface area contributed by atoms with Gasteiger partial charge in [-0.1, -0.05) is 60.7 Å². The molecule has 158 valence electrons. The second kappa shape index (κ2) is 8.51. The number of aromatic nitrogens is 3. The van der Waals surface area contributed by atoms with Gasteiger partial charge < -0.3 is 10.1 Å². The van der Waals surface area contributed by atoms with Crippen LogP contribution in [0.25, 0.3) is 33.1 Å². The van der Waals surface area contributed by atoms with Gasteiger partial charge in [0.15, 0.2) is 0 Å². The van der Waals surface area contributed by atoms with Gasteiger partial charge in [0.2, 0.25) is 5.91 Å². The molecule has 1 amide bonds. The molecule has 0 radical (unpaired) electrons. The molecular formula is C26H22N4O2. The lowest BCUT2D eigenvalue weighted by Gasteiger charge is -2.08. The van der Waals surface area contributed by atoms with Crippen molar-refractivity contribution in [2.24, 2.45) is 0 Å². The van der Waals surface area contributed by atoms with Gasteiger partial charge in [0.25, 0.3) is 0 Å². The van der Waals surface area contributed by atoms with Crippen molar-refractivity contribution in [1.82, 2.24) is 20.1 Å². The van der Waals surface area contributed by atoms with E-state index in [1.807, 2.05) is 85.1 Å². The second-order valence-electron chi connectivity index (χ2n) is 7.54. The molecule has 0 fully saturated rings. The maximum Gasteiger partial charge on any atom is 0.242 e. The van der Waals surface area contributed by atoms with Crippen molar-refractivity contribution >= 4 is 27.7 Å². The standard InChI is InChI=1S/C26H22N4O2/c1-32-20-12-13-23-21(14-20)26-22(16-27-23)25(19-10-6-3-7-11-19)29-30(26)17-24(31)28-15-18-8-4-2-5-9-18/h2-14,16H,15,17H2,1H3,(H,28,31). The molecule has 0 atom stereocenters. The van der Waals surface area contributed by atoms with Crippen LogP contribution in [0.4, 0.5) is 0 Å². The van der Waals surface area contributed by atoms with Crippen LogP contribution in [0.2, 0.25) is 0 Å². The second-order valence-corrected chi connectivity index (χ2v) is 7.54. The molecule has 0 unspecified atom stereocenters. The van der Waals surface area contributed by atoms with Crippen LogP contribution >= 0.6 is 0 Å². The lowest BCUT2D eigenvalue weighted by Crippen LogP contribution is -2.27. The van der Waals surface area contributed by atoms with E-state index in [0.29, 0.717) is 6.54 Å². The van der Waals surface area contributed by atoms with Crippen molar-refractivity contribution in [3.63, 3.8) is 0 Å². The van der Waals surface area contributed by atoms with Crippen molar-refractivity contribution in [2.75, 3.05) is 7.11 Å². The van der Waals surface area contributed by atoms with Crippen LogP contribution in [-0.4, -0.2) is 27.8 Å². The number of rotatable bonds is 6. The molecule has 0 aliphatic heterocycles. The number of hydrogen-bond acceptors (Lipinski definition) is 4. The average molecular weight is 422 g/mol. The highest BCUT2D eigenvalue weighted by Gasteiger charge is 2.18. The van der Waals surface area contributed by atoms with Crippen molar-refractivity contribution in [3.05, 3.63) is 90.6 Å². The summed E-state index contributed by atoms with van der Waals surface area (Å²) in [4.78, 5) is 17.5. The molecule has 5 aromatic rings. The van der Waals surface area contributed by atoms with Crippen LogP contribution < -0.4 is 10.1 Å². The highest BCUT2D eigenvalue weighted by molar-refractivity contribution is 6.08. The van der Waals surface area contributed by atoms with Gasteiger partial charge in [0.05, 0.1) is 18.1 Å². The molecule has 0 saturated heterocycles. The van der Waals surface area contributed by atoms with Gasteiger partial charge in [0, 0.05) is 29.1 Å². The highest BCUT2D eigenvalue weighted by Crippen LogP contribution is 2.33. The molecule has 2 heterocycles. The molecule has 0 aliphatic rings. The summed E-state index contributed by atoms with van der Waals surface area (Å²) in [6.45, 7) is 0.576. The third-order valence-corrected chi connectivity index (χ3v) is 5.45. The van der Waals surface area contributed by atoms with E-state index in [4.69, 9.17) is 9.84 Å². The van der Waals surface area contributed by atoms with Crippen molar-refractivity contribution in [2.45, 2.75) is 13.1 Å². The summed E-state index contributed by atoms with van der Waals surface area (Å²) in [6.07, 6.45) is 1.83. The topological polar surface area (TPSA) is 69.0 Å². The molecule has 2 aromatic heterocycles. The first kappa shape index (κ1) is 19.8. The quantitative estimate of drug-likeness (QED) is 0.435. The first-order chi connectivity index (χ1) is 15.7. The summed E-state index contributed by atoms with van der Waals surface area (Å²) in [5.74, 6) is 0.625. The minimum atomic E-state index is -0.106. The number of hydrogen-bond donors (Lipinski definition) is 1. The van der Waals surface area contributed by atoms with Crippen LogP contribution in [0.3, 0.4) is 0 Å². The van der Waals surface area contributed by atoms with E-state index in [-0.39, 0.29) is 12.5 Å². The molecule has 0 bridgehead atoms. The number of nitrogens with zero attached hydrogens (tertiary/aromatic N) is 3. The number of fused-ring (bicyclic) bond motifs is 3. The molecule has 0 saturated carbocycles. The lowest BCUT2D eigenvalue weighted by atomic mass is 10.1. The van der Waals surface area contributed by atoms with Gasteiger partial charge in [-0.25, -0.2) is 0 Å². The predicted molar refractivity (Wildman–Crippen MR) is 125 cm³/mol. The Labute approximate surface area is 185 Å². The monoisotopic (exact) mass is 422 g/mol. The number of pyridine rings is 1. The van der Waals surface area contributed by atoms with Crippen molar-refractivity contribution in [1.29, 1.82) is 0 Å². The Morgan fingerprint density at radius 3 is 2.47 bits per heavy atom. The molecule has 3 aromatic carbocycles. The molecule has 0 aliphatic carbocycles. The summed E-state index contributed by atoms with van der Waals surface area (Å²) in [5.41, 5.74) is 4.51. The molecule has 6 heteroatoms. The van der Waals surface area contributed by atoms with Gasteiger partial charge in [-0.2, -0.15) is 5.10 Å². The van der Waals surface area contributed by atoms with Crippen LogP contribution in [-0.2, 0) is 17.9 Å². The fourth-order valence-electron chi connectivity index (χ4n) is 3.87. The Kier molecular flexibility index (Phi) is 5.25. The lowest BCUT2D eigenvalue weighted by molar-refractivity contribution is -0.121. The predicted octanol–water partition coefficient (Wildman–Crippen LogP) is 4.58. The van der Waals surface area contributed by atoms with E-state index in [1.165, 1.54) is 0 Å². The summed E-state index contributed by atoms with van der Waals surface area (Å²) < 4.78 is 7.20. The van der Waals surface area contributed by atoms with Crippen LogP contribution in [0.5, 0.6) is 5.75 Å². The zero-order valence-corrected chi connectivity index (χ0v) is 17.7. The first-order valence-corrected chi connectivity index (χ1v) is 10.4. The molecule has 32 heavy (non-hydrogen) atoms. The van der Waals surface area contributed by atoms with E-state index in [9.17, 15) is 4.79 Å². The number of amides is 1. The maximum atomic E-state index is 12.8. The minimum Gasteiger partial charge on any atom is -0.497 e. The van der Waals surface area contributed by atoms with E-state index in [0.717, 1.165) is 44.4 Å². The largest absolute Gasteiger partial charge is 0.497 e. The Hall–Kier alpha value is -4.19. The first-order valence-electron chi connectivity index (χ1n) is 10.4. The zero-order chi connectivity index (χ0) is 21.9. The summed E-state index contributed by atoms with van der Waals surface area (Å²) in [6, 6.07) is 25.5. The van der Waals surface area contributed by atoms with Gasteiger partial charge in [-0.15, -0.1) is 0 Å². The Balaban J connectivity index is 1.58. The molecular weight excluding hydrogens is 400 g/mol. The summed E-state index contributed by atoms with van der Waals surface area (Å²) in [7, 11) is 1.64. The molecule has 5 rings (SSSR count). The number of carbonyl (C=O) groups is 1. The Morgan fingerprint density at radius 2 is 1.72 bits per heavy atom. The van der Waals surface area contributed by atoms with E-state index in [2.05, 4.69) is 10.3 Å². The fourth-order valence-corrected chi connectivity index (χ4v) is 3.87. The Bertz CT molecular complexity index is 1400. The third-order valence-electron chi connectivity index (χ3n) is 5.45. The third kappa shape index (κ3) is 3.78. The average Bonchev–Trinajstić information content (AvgIpc) is 3.22. The summed E-state index contributed by atoms with van der Waals surface area (Å²) in [5, 5.41) is 9.62. The SMILES string of the molecule is COc1ccc2ncc3c(-c4ccccc4)nn(CC(=O)NCc4ccccc4)c3c2c1. The smallest absolute Gasteiger partial charge is 0.242 e. The number of methoxy groups -OCH3 is 1. The zero-order valence-electron chi connectivity index (χ0n) is 17.7. The number of ether oxygens (including phenoxy) is 1. The Morgan fingerprint density at radius 1 is 0.969 bits per heavy atom. The summed E-state index contributed by atoms with van der Waals surface area (Å²) >= 11 is 0. The molecule has 0 spiro atoms. The van der Waals surface area contributed by atoms with E-state index < -0.39 is 0 Å². The highest BCUT2D eigenvalue weighted by atomic mass is 16.5. The van der Waals surface area contributed by atoms with Gasteiger partial charge >= 0.3 is 0 Å². The van der Waals surface area contributed by atoms with Crippen molar-refractivity contribution in [3.8, 4) is 17.0 Å². The van der Waals surface area contributed by atoms with Crippen molar-refractivity contribution < 1.29 is 9.53 Å². The number of benzene rings is 3. The molecule has 1 N–H and O–H groups in total. The normalized spacial score (nSPS) is 11.0. The fraction of sp³-hybridized carbons (Fsp3) is 0.115. The maximum absolute atomic E-state index is 12.8. The number of carbonyl (C=O) groups excluding carboxylic acids is 1. The van der Waals surface area contributed by atoms with E-state index >= 15 is 0 Å².